The van der Waals surface area contributed by atoms with Gasteiger partial charge in [0.2, 0.25) is 5.91 Å². The Balaban J connectivity index is 2.03. The van der Waals surface area contributed by atoms with Crippen LogP contribution in [0.25, 0.3) is 0 Å². The van der Waals surface area contributed by atoms with Crippen molar-refractivity contribution in [1.82, 2.24) is 10.3 Å². The van der Waals surface area contributed by atoms with Crippen molar-refractivity contribution in [2.45, 2.75) is 59.5 Å². The van der Waals surface area contributed by atoms with E-state index in [2.05, 4.69) is 67.6 Å². The van der Waals surface area contributed by atoms with Gasteiger partial charge in [-0.15, -0.1) is 11.3 Å². The van der Waals surface area contributed by atoms with E-state index >= 15 is 0 Å². The van der Waals surface area contributed by atoms with Gasteiger partial charge in [0.15, 0.2) is 5.13 Å². The molecular weight excluding hydrogens is 330 g/mol. The molecule has 2 aromatic rings. The minimum Gasteiger partial charge on any atom is -0.304 e. The number of anilines is 1. The summed E-state index contributed by atoms with van der Waals surface area (Å²) in [6.07, 6.45) is 1.16. The Morgan fingerprint density at radius 3 is 2.36 bits per heavy atom. The number of rotatable bonds is 8. The first-order valence-electron chi connectivity index (χ1n) is 8.96. The molecular formula is C20H29N3OS. The van der Waals surface area contributed by atoms with E-state index < -0.39 is 0 Å². The maximum atomic E-state index is 11.1. The van der Waals surface area contributed by atoms with Gasteiger partial charge in [-0.25, -0.2) is 4.98 Å². The van der Waals surface area contributed by atoms with E-state index in [4.69, 9.17) is 0 Å². The summed E-state index contributed by atoms with van der Waals surface area (Å²) in [5.74, 6) is 0.986. The normalized spacial score (nSPS) is 13.7. The summed E-state index contributed by atoms with van der Waals surface area (Å²) in [4.78, 5) is 15.5. The van der Waals surface area contributed by atoms with Crippen molar-refractivity contribution >= 4 is 22.4 Å². The first-order chi connectivity index (χ1) is 11.9. The molecule has 0 fully saturated rings. The van der Waals surface area contributed by atoms with Crippen molar-refractivity contribution in [3.63, 3.8) is 0 Å². The molecule has 1 heterocycles. The van der Waals surface area contributed by atoms with Gasteiger partial charge in [-0.2, -0.15) is 0 Å². The summed E-state index contributed by atoms with van der Waals surface area (Å²) in [6, 6.07) is 9.25. The van der Waals surface area contributed by atoms with Crippen molar-refractivity contribution in [3.05, 3.63) is 46.5 Å². The van der Waals surface area contributed by atoms with Gasteiger partial charge in [0.1, 0.15) is 0 Å². The summed E-state index contributed by atoms with van der Waals surface area (Å²) in [6.45, 7) is 11.1. The van der Waals surface area contributed by atoms with Gasteiger partial charge in [0.05, 0.1) is 5.69 Å². The van der Waals surface area contributed by atoms with Gasteiger partial charge < -0.3 is 10.6 Å². The molecule has 0 saturated carbocycles. The Morgan fingerprint density at radius 1 is 1.16 bits per heavy atom. The van der Waals surface area contributed by atoms with Crippen molar-refractivity contribution in [2.24, 2.45) is 5.92 Å². The predicted molar refractivity (Wildman–Crippen MR) is 106 cm³/mol. The Kier molecular flexibility index (Phi) is 7.14. The molecule has 1 aromatic carbocycles. The molecule has 4 nitrogen and oxygen atoms in total. The van der Waals surface area contributed by atoms with Gasteiger partial charge in [-0.3, -0.25) is 4.79 Å². The molecule has 0 aliphatic heterocycles. The van der Waals surface area contributed by atoms with Crippen molar-refractivity contribution in [3.8, 4) is 0 Å². The summed E-state index contributed by atoms with van der Waals surface area (Å²) >= 11 is 1.46. The molecule has 0 aliphatic rings. The van der Waals surface area contributed by atoms with Crippen LogP contribution in [0.3, 0.4) is 0 Å². The molecule has 1 amide bonds. The smallest absolute Gasteiger partial charge is 0.223 e. The number of thiazole rings is 1. The van der Waals surface area contributed by atoms with E-state index in [-0.39, 0.29) is 11.9 Å². The van der Waals surface area contributed by atoms with Crippen LogP contribution >= 0.6 is 11.3 Å². The molecule has 2 atom stereocenters. The Labute approximate surface area is 155 Å². The number of hydrogen-bond acceptors (Lipinski definition) is 4. The van der Waals surface area contributed by atoms with Gasteiger partial charge in [-0.05, 0) is 29.4 Å². The summed E-state index contributed by atoms with van der Waals surface area (Å²) in [7, 11) is 0. The average Bonchev–Trinajstić information content (AvgIpc) is 3.01. The highest BCUT2D eigenvalue weighted by atomic mass is 32.1. The number of carbonyl (C=O) groups is 1. The van der Waals surface area contributed by atoms with Crippen LogP contribution < -0.4 is 10.6 Å². The topological polar surface area (TPSA) is 54.0 Å². The molecule has 5 heteroatoms. The van der Waals surface area contributed by atoms with E-state index in [9.17, 15) is 4.79 Å². The first-order valence-corrected chi connectivity index (χ1v) is 9.83. The first kappa shape index (κ1) is 19.6. The number of hydrogen-bond donors (Lipinski definition) is 2. The number of nitrogens with one attached hydrogen (secondary N) is 2. The summed E-state index contributed by atoms with van der Waals surface area (Å²) in [5, 5.41) is 8.99. The van der Waals surface area contributed by atoms with Crippen molar-refractivity contribution < 1.29 is 4.79 Å². The molecule has 0 bridgehead atoms. The van der Waals surface area contributed by atoms with E-state index in [1.165, 1.54) is 29.4 Å². The van der Waals surface area contributed by atoms with E-state index in [1.807, 2.05) is 5.38 Å². The number of carbonyl (C=O) groups excluding carboxylic acids is 1. The highest BCUT2D eigenvalue weighted by molar-refractivity contribution is 7.13. The number of nitrogens with zero attached hydrogens (tertiary/aromatic N) is 1. The zero-order chi connectivity index (χ0) is 18.4. The lowest BCUT2D eigenvalue weighted by Crippen LogP contribution is -2.25. The molecule has 0 aliphatic carbocycles. The maximum Gasteiger partial charge on any atom is 0.223 e. The van der Waals surface area contributed by atoms with E-state index in [1.54, 1.807) is 0 Å². The largest absolute Gasteiger partial charge is 0.304 e. The van der Waals surface area contributed by atoms with Gasteiger partial charge in [0.25, 0.3) is 0 Å². The molecule has 0 saturated heterocycles. The fourth-order valence-corrected chi connectivity index (χ4v) is 3.57. The van der Waals surface area contributed by atoms with Crippen LogP contribution in [0.1, 0.15) is 69.8 Å². The summed E-state index contributed by atoms with van der Waals surface area (Å²) < 4.78 is 0. The Bertz CT molecular complexity index is 679. The molecule has 136 valence electrons. The van der Waals surface area contributed by atoms with Crippen LogP contribution in [0.2, 0.25) is 0 Å². The molecule has 2 unspecified atom stereocenters. The lowest BCUT2D eigenvalue weighted by atomic mass is 9.92. The lowest BCUT2D eigenvalue weighted by molar-refractivity contribution is -0.114. The molecule has 25 heavy (non-hydrogen) atoms. The maximum absolute atomic E-state index is 11.1. The molecule has 0 radical (unpaired) electrons. The molecule has 0 spiro atoms. The second-order valence-corrected chi connectivity index (χ2v) is 7.76. The van der Waals surface area contributed by atoms with Gasteiger partial charge in [0, 0.05) is 24.9 Å². The van der Waals surface area contributed by atoms with Crippen molar-refractivity contribution in [2.75, 3.05) is 5.32 Å². The van der Waals surface area contributed by atoms with Gasteiger partial charge >= 0.3 is 0 Å². The average molecular weight is 360 g/mol. The minimum atomic E-state index is -0.0877. The third kappa shape index (κ3) is 5.65. The van der Waals surface area contributed by atoms with Crippen LogP contribution in [-0.4, -0.2) is 10.9 Å². The molecule has 2 N–H and O–H groups in total. The lowest BCUT2D eigenvalue weighted by Gasteiger charge is -2.23. The fourth-order valence-electron chi connectivity index (χ4n) is 2.82. The third-order valence-electron chi connectivity index (χ3n) is 4.48. The van der Waals surface area contributed by atoms with Crippen LogP contribution in [0.15, 0.2) is 29.6 Å². The standard InChI is InChI=1S/C20H29N3OS/c1-6-14(4)16-7-9-17(10-8-16)19(13(2)3)21-11-18-12-25-20(23-18)22-15(5)24/h7-10,12-14,19,21H,6,11H2,1-5H3,(H,22,23,24). The third-order valence-corrected chi connectivity index (χ3v) is 5.29. The predicted octanol–water partition coefficient (Wildman–Crippen LogP) is 5.10. The summed E-state index contributed by atoms with van der Waals surface area (Å²) in [5.41, 5.74) is 3.66. The molecule has 1 aromatic heterocycles. The van der Waals surface area contributed by atoms with E-state index in [0.29, 0.717) is 23.5 Å². The second kappa shape index (κ2) is 9.11. The SMILES string of the molecule is CCC(C)c1ccc(C(NCc2csc(NC(C)=O)n2)C(C)C)cc1. The van der Waals surface area contributed by atoms with Gasteiger partial charge in [-0.1, -0.05) is 52.0 Å². The monoisotopic (exact) mass is 359 g/mol. The Morgan fingerprint density at radius 2 is 1.80 bits per heavy atom. The quantitative estimate of drug-likeness (QED) is 0.689. The number of aromatic nitrogens is 1. The molecule has 2 rings (SSSR count). The highest BCUT2D eigenvalue weighted by Gasteiger charge is 2.16. The van der Waals surface area contributed by atoms with Crippen LogP contribution in [0, 0.1) is 5.92 Å². The van der Waals surface area contributed by atoms with Crippen LogP contribution in [0.5, 0.6) is 0 Å². The Hall–Kier alpha value is -1.72. The zero-order valence-corrected chi connectivity index (χ0v) is 16.6. The van der Waals surface area contributed by atoms with Crippen LogP contribution in [0.4, 0.5) is 5.13 Å². The highest BCUT2D eigenvalue weighted by Crippen LogP contribution is 2.26. The van der Waals surface area contributed by atoms with Crippen LogP contribution in [-0.2, 0) is 11.3 Å². The second-order valence-electron chi connectivity index (χ2n) is 6.90. The zero-order valence-electron chi connectivity index (χ0n) is 15.8. The number of benzene rings is 1. The van der Waals surface area contributed by atoms with Crippen molar-refractivity contribution in [1.29, 1.82) is 0 Å². The number of amides is 1. The minimum absolute atomic E-state index is 0.0877. The van der Waals surface area contributed by atoms with E-state index in [0.717, 1.165) is 12.1 Å². The fraction of sp³-hybridized carbons (Fsp3) is 0.500.